The van der Waals surface area contributed by atoms with E-state index in [1.165, 1.54) is 0 Å². The highest BCUT2D eigenvalue weighted by atomic mass is 28.3. The molecule has 0 radical (unpaired) electrons. The van der Waals surface area contributed by atoms with Gasteiger partial charge >= 0.3 is 0 Å². The molecule has 13 heavy (non-hydrogen) atoms. The van der Waals surface area contributed by atoms with Crippen LogP contribution in [0.25, 0.3) is 0 Å². The summed E-state index contributed by atoms with van der Waals surface area (Å²) in [6.45, 7) is 8.84. The summed E-state index contributed by atoms with van der Waals surface area (Å²) < 4.78 is 0. The molecule has 0 aromatic heterocycles. The van der Waals surface area contributed by atoms with Crippen molar-refractivity contribution in [2.24, 2.45) is 5.92 Å². The van der Waals surface area contributed by atoms with Gasteiger partial charge in [0.15, 0.2) is 0 Å². The largest absolute Gasteiger partial charge is 0.390 e. The van der Waals surface area contributed by atoms with Crippen LogP contribution in [0.15, 0.2) is 24.3 Å². The summed E-state index contributed by atoms with van der Waals surface area (Å²) in [6, 6.07) is 0.958. The smallest absolute Gasteiger partial charge is 0.0693 e. The maximum atomic E-state index is 10.3. The molecule has 1 aliphatic rings. The molecule has 0 saturated carbocycles. The number of aliphatic hydroxyl groups is 1. The van der Waals surface area contributed by atoms with Gasteiger partial charge in [-0.05, 0) is 13.0 Å². The van der Waals surface area contributed by atoms with Gasteiger partial charge < -0.3 is 5.11 Å². The molecule has 1 aliphatic carbocycles. The predicted molar refractivity (Wildman–Crippen MR) is 60.5 cm³/mol. The van der Waals surface area contributed by atoms with Crippen molar-refractivity contribution < 1.29 is 5.11 Å². The number of rotatable bonds is 3. The highest BCUT2D eigenvalue weighted by molar-refractivity contribution is 6.76. The summed E-state index contributed by atoms with van der Waals surface area (Å²) in [5.41, 5.74) is -0.548. The van der Waals surface area contributed by atoms with Crippen LogP contribution in [0.1, 0.15) is 6.92 Å². The Labute approximate surface area is 82.2 Å². The molecule has 0 aliphatic heterocycles. The van der Waals surface area contributed by atoms with Crippen LogP contribution in [0, 0.1) is 5.92 Å². The standard InChI is InChI=1S/C11H20OSi/c1-11(12,9-13(2,3)4)10-7-5-6-8-10/h5-8,10,12H,9H2,1-4H3. The Hall–Kier alpha value is -0.343. The summed E-state index contributed by atoms with van der Waals surface area (Å²) in [5.74, 6) is 0.222. The minimum atomic E-state index is -1.18. The van der Waals surface area contributed by atoms with Crippen LogP contribution in [0.4, 0.5) is 0 Å². The quantitative estimate of drug-likeness (QED) is 0.688. The van der Waals surface area contributed by atoms with Crippen molar-refractivity contribution in [1.29, 1.82) is 0 Å². The molecule has 0 aromatic rings. The Morgan fingerprint density at radius 3 is 2.08 bits per heavy atom. The molecule has 0 heterocycles. The molecule has 74 valence electrons. The van der Waals surface area contributed by atoms with Crippen LogP contribution in [-0.2, 0) is 0 Å². The van der Waals surface area contributed by atoms with E-state index in [4.69, 9.17) is 0 Å². The van der Waals surface area contributed by atoms with Crippen LogP contribution in [-0.4, -0.2) is 18.8 Å². The van der Waals surface area contributed by atoms with Crippen molar-refractivity contribution in [3.63, 3.8) is 0 Å². The highest BCUT2D eigenvalue weighted by Gasteiger charge is 2.34. The molecule has 1 N–H and O–H groups in total. The lowest BCUT2D eigenvalue weighted by molar-refractivity contribution is 0.0538. The zero-order valence-corrected chi connectivity index (χ0v) is 10.0. The van der Waals surface area contributed by atoms with Gasteiger partial charge in [-0.15, -0.1) is 0 Å². The maximum Gasteiger partial charge on any atom is 0.0693 e. The molecule has 0 spiro atoms. The lowest BCUT2D eigenvalue weighted by Gasteiger charge is -2.33. The SMILES string of the molecule is CC(O)(C[Si](C)(C)C)C1C=CC=C1. The van der Waals surface area contributed by atoms with Gasteiger partial charge in [-0.1, -0.05) is 43.9 Å². The molecule has 1 nitrogen and oxygen atoms in total. The second-order valence-corrected chi connectivity index (χ2v) is 10.9. The van der Waals surface area contributed by atoms with Crippen molar-refractivity contribution in [2.45, 2.75) is 38.2 Å². The summed E-state index contributed by atoms with van der Waals surface area (Å²) in [6.07, 6.45) is 8.20. The molecule has 2 heteroatoms. The predicted octanol–water partition coefficient (Wildman–Crippen LogP) is 2.82. The third-order valence-electron chi connectivity index (χ3n) is 2.35. The summed E-state index contributed by atoms with van der Waals surface area (Å²) >= 11 is 0. The summed E-state index contributed by atoms with van der Waals surface area (Å²) in [7, 11) is -1.18. The minimum absolute atomic E-state index is 0.222. The fraction of sp³-hybridized carbons (Fsp3) is 0.636. The van der Waals surface area contributed by atoms with E-state index >= 15 is 0 Å². The zero-order chi connectivity index (χ0) is 10.1. The van der Waals surface area contributed by atoms with E-state index in [1.807, 2.05) is 19.1 Å². The van der Waals surface area contributed by atoms with Gasteiger partial charge in [0, 0.05) is 14.0 Å². The topological polar surface area (TPSA) is 20.2 Å². The van der Waals surface area contributed by atoms with Gasteiger partial charge in [-0.25, -0.2) is 0 Å². The Kier molecular flexibility index (Phi) is 2.83. The van der Waals surface area contributed by atoms with Crippen molar-refractivity contribution in [3.05, 3.63) is 24.3 Å². The highest BCUT2D eigenvalue weighted by Crippen LogP contribution is 2.31. The summed E-state index contributed by atoms with van der Waals surface area (Å²) in [5, 5.41) is 10.3. The van der Waals surface area contributed by atoms with Crippen LogP contribution >= 0.6 is 0 Å². The van der Waals surface area contributed by atoms with E-state index < -0.39 is 13.7 Å². The number of hydrogen-bond donors (Lipinski definition) is 1. The van der Waals surface area contributed by atoms with Crippen molar-refractivity contribution in [2.75, 3.05) is 0 Å². The second-order valence-electron chi connectivity index (χ2n) is 5.39. The van der Waals surface area contributed by atoms with Gasteiger partial charge in [0.05, 0.1) is 5.60 Å². The van der Waals surface area contributed by atoms with Crippen molar-refractivity contribution in [1.82, 2.24) is 0 Å². The van der Waals surface area contributed by atoms with E-state index in [2.05, 4.69) is 31.8 Å². The minimum Gasteiger partial charge on any atom is -0.390 e. The third kappa shape index (κ3) is 3.12. The van der Waals surface area contributed by atoms with Crippen molar-refractivity contribution >= 4 is 8.07 Å². The first kappa shape index (κ1) is 10.7. The first-order valence-electron chi connectivity index (χ1n) is 4.89. The fourth-order valence-electron chi connectivity index (χ4n) is 2.04. The van der Waals surface area contributed by atoms with Crippen LogP contribution in [0.3, 0.4) is 0 Å². The molecular weight excluding hydrogens is 176 g/mol. The Balaban J connectivity index is 2.65. The van der Waals surface area contributed by atoms with Gasteiger partial charge in [-0.2, -0.15) is 0 Å². The average molecular weight is 196 g/mol. The Morgan fingerprint density at radius 2 is 1.69 bits per heavy atom. The molecular formula is C11H20OSi. The first-order chi connectivity index (χ1) is 5.81. The normalized spacial score (nSPS) is 22.2. The Bertz CT molecular complexity index is 221. The molecule has 0 amide bonds. The maximum absolute atomic E-state index is 10.3. The van der Waals surface area contributed by atoms with E-state index in [0.717, 1.165) is 6.04 Å². The van der Waals surface area contributed by atoms with Crippen LogP contribution < -0.4 is 0 Å². The molecule has 0 fully saturated rings. The lowest BCUT2D eigenvalue weighted by atomic mass is 9.92. The van der Waals surface area contributed by atoms with Gasteiger partial charge in [0.25, 0.3) is 0 Å². The molecule has 1 unspecified atom stereocenters. The summed E-state index contributed by atoms with van der Waals surface area (Å²) in [4.78, 5) is 0. The molecule has 0 aromatic carbocycles. The van der Waals surface area contributed by atoms with E-state index in [-0.39, 0.29) is 5.92 Å². The van der Waals surface area contributed by atoms with E-state index in [1.54, 1.807) is 0 Å². The first-order valence-corrected chi connectivity index (χ1v) is 8.59. The number of allylic oxidation sites excluding steroid dienone is 2. The van der Waals surface area contributed by atoms with Gasteiger partial charge in [0.2, 0.25) is 0 Å². The molecule has 0 bridgehead atoms. The average Bonchev–Trinajstić information content (AvgIpc) is 2.29. The van der Waals surface area contributed by atoms with Gasteiger partial charge in [-0.3, -0.25) is 0 Å². The zero-order valence-electron chi connectivity index (χ0n) is 9.04. The van der Waals surface area contributed by atoms with Crippen LogP contribution in [0.2, 0.25) is 25.7 Å². The Morgan fingerprint density at radius 1 is 1.23 bits per heavy atom. The van der Waals surface area contributed by atoms with Crippen molar-refractivity contribution in [3.8, 4) is 0 Å². The molecule has 1 rings (SSSR count). The van der Waals surface area contributed by atoms with E-state index in [9.17, 15) is 5.11 Å². The fourth-order valence-corrected chi connectivity index (χ4v) is 4.42. The monoisotopic (exact) mass is 196 g/mol. The van der Waals surface area contributed by atoms with E-state index in [0.29, 0.717) is 0 Å². The van der Waals surface area contributed by atoms with Crippen LogP contribution in [0.5, 0.6) is 0 Å². The molecule has 1 atom stereocenters. The lowest BCUT2D eigenvalue weighted by Crippen LogP contribution is -2.40. The second kappa shape index (κ2) is 3.43. The number of hydrogen-bond acceptors (Lipinski definition) is 1. The third-order valence-corrected chi connectivity index (χ3v) is 4.13. The molecule has 0 saturated heterocycles. The van der Waals surface area contributed by atoms with Gasteiger partial charge in [0.1, 0.15) is 0 Å².